The Balaban J connectivity index is 1.68. The van der Waals surface area contributed by atoms with Crippen molar-refractivity contribution >= 4 is 5.69 Å². The molecule has 25 heavy (non-hydrogen) atoms. The summed E-state index contributed by atoms with van der Waals surface area (Å²) in [6.07, 6.45) is -7.67. The Hall–Kier alpha value is -1.48. The zero-order chi connectivity index (χ0) is 18.2. The molecule has 9 heteroatoms. The van der Waals surface area contributed by atoms with Crippen molar-refractivity contribution in [3.05, 3.63) is 29.3 Å². The quantitative estimate of drug-likeness (QED) is 0.616. The van der Waals surface area contributed by atoms with E-state index in [9.17, 15) is 26.3 Å². The average Bonchev–Trinajstić information content (AvgIpc) is 3.23. The van der Waals surface area contributed by atoms with Crippen LogP contribution in [-0.4, -0.2) is 25.4 Å². The highest BCUT2D eigenvalue weighted by molar-refractivity contribution is 5.51. The average molecular weight is 368 g/mol. The number of benzene rings is 1. The van der Waals surface area contributed by atoms with Gasteiger partial charge in [0.15, 0.2) is 6.23 Å². The lowest BCUT2D eigenvalue weighted by Gasteiger charge is -2.21. The molecule has 2 fully saturated rings. The van der Waals surface area contributed by atoms with Crippen molar-refractivity contribution in [1.82, 2.24) is 5.32 Å². The highest BCUT2D eigenvalue weighted by Crippen LogP contribution is 2.39. The maximum absolute atomic E-state index is 12.8. The molecule has 2 saturated heterocycles. The smallest absolute Gasteiger partial charge is 0.358 e. The minimum atomic E-state index is -4.85. The van der Waals surface area contributed by atoms with Crippen LogP contribution in [0.4, 0.5) is 32.0 Å². The van der Waals surface area contributed by atoms with Crippen molar-refractivity contribution in [1.29, 1.82) is 0 Å². The maximum Gasteiger partial charge on any atom is 0.416 e. The molecule has 1 aromatic carbocycles. The number of alkyl halides is 6. The molecule has 2 atom stereocenters. The van der Waals surface area contributed by atoms with Gasteiger partial charge in [0, 0.05) is 5.69 Å². The number of piperidine rings is 1. The third-order valence-electron chi connectivity index (χ3n) is 4.50. The Morgan fingerprint density at radius 3 is 2.04 bits per heavy atom. The molecular formula is C16H18F6N2O. The molecule has 140 valence electrons. The maximum atomic E-state index is 12.8. The van der Waals surface area contributed by atoms with Gasteiger partial charge in [-0.3, -0.25) is 0 Å². The van der Waals surface area contributed by atoms with Crippen molar-refractivity contribution in [3.8, 4) is 0 Å². The fourth-order valence-electron chi connectivity index (χ4n) is 3.10. The Labute approximate surface area is 140 Å². The molecule has 0 spiro atoms. The van der Waals surface area contributed by atoms with Crippen LogP contribution in [0.3, 0.4) is 0 Å². The van der Waals surface area contributed by atoms with Gasteiger partial charge in [0.05, 0.1) is 11.1 Å². The predicted molar refractivity (Wildman–Crippen MR) is 78.9 cm³/mol. The van der Waals surface area contributed by atoms with E-state index in [1.165, 1.54) is 0 Å². The van der Waals surface area contributed by atoms with E-state index >= 15 is 0 Å². The van der Waals surface area contributed by atoms with Gasteiger partial charge in [-0.25, -0.2) is 0 Å². The van der Waals surface area contributed by atoms with Gasteiger partial charge in [-0.05, 0) is 56.5 Å². The zero-order valence-electron chi connectivity index (χ0n) is 13.2. The lowest BCUT2D eigenvalue weighted by Crippen LogP contribution is -2.28. The number of anilines is 1. The molecule has 2 unspecified atom stereocenters. The van der Waals surface area contributed by atoms with Crippen LogP contribution >= 0.6 is 0 Å². The van der Waals surface area contributed by atoms with E-state index in [-0.39, 0.29) is 17.9 Å². The minimum absolute atomic E-state index is 0.117. The van der Waals surface area contributed by atoms with Crippen LogP contribution in [0, 0.1) is 5.92 Å². The molecule has 0 saturated carbocycles. The van der Waals surface area contributed by atoms with E-state index in [4.69, 9.17) is 4.74 Å². The number of epoxide rings is 1. The monoisotopic (exact) mass is 368 g/mol. The van der Waals surface area contributed by atoms with Gasteiger partial charge in [-0.15, -0.1) is 0 Å². The first kappa shape index (κ1) is 18.3. The van der Waals surface area contributed by atoms with E-state index in [1.807, 2.05) is 0 Å². The summed E-state index contributed by atoms with van der Waals surface area (Å²) in [5.41, 5.74) is -2.90. The largest absolute Gasteiger partial charge is 0.416 e. The lowest BCUT2D eigenvalue weighted by atomic mass is 9.93. The molecule has 0 radical (unpaired) electrons. The van der Waals surface area contributed by atoms with Gasteiger partial charge in [0.25, 0.3) is 0 Å². The van der Waals surface area contributed by atoms with E-state index in [1.54, 1.807) is 0 Å². The molecule has 2 N–H and O–H groups in total. The summed E-state index contributed by atoms with van der Waals surface area (Å²) in [6.45, 7) is 1.83. The van der Waals surface area contributed by atoms with Crippen LogP contribution in [0.1, 0.15) is 30.4 Å². The number of ether oxygens (including phenoxy) is 1. The summed E-state index contributed by atoms with van der Waals surface area (Å²) in [5, 5.41) is 5.87. The normalized spacial score (nSPS) is 25.0. The predicted octanol–water partition coefficient (Wildman–Crippen LogP) is 4.25. The number of rotatable bonds is 4. The molecule has 1 aromatic rings. The van der Waals surface area contributed by atoms with Crippen LogP contribution in [-0.2, 0) is 17.1 Å². The van der Waals surface area contributed by atoms with Crippen molar-refractivity contribution in [2.24, 2.45) is 5.92 Å². The lowest BCUT2D eigenvalue weighted by molar-refractivity contribution is -0.143. The summed E-state index contributed by atoms with van der Waals surface area (Å²) in [5.74, 6) is 0.463. The number of halogens is 6. The first-order valence-corrected chi connectivity index (χ1v) is 8.05. The molecule has 3 nitrogen and oxygen atoms in total. The molecule has 0 aliphatic carbocycles. The van der Waals surface area contributed by atoms with Gasteiger partial charge in [-0.1, -0.05) is 0 Å². The molecular weight excluding hydrogens is 350 g/mol. The minimum Gasteiger partial charge on any atom is -0.358 e. The van der Waals surface area contributed by atoms with Gasteiger partial charge in [0.1, 0.15) is 6.10 Å². The fraction of sp³-hybridized carbons (Fsp3) is 0.625. The van der Waals surface area contributed by atoms with E-state index in [2.05, 4.69) is 10.6 Å². The van der Waals surface area contributed by atoms with Crippen molar-refractivity contribution in [3.63, 3.8) is 0 Å². The summed E-state index contributed by atoms with van der Waals surface area (Å²) >= 11 is 0. The summed E-state index contributed by atoms with van der Waals surface area (Å²) in [4.78, 5) is 0. The molecule has 3 rings (SSSR count). The van der Waals surface area contributed by atoms with Gasteiger partial charge < -0.3 is 15.4 Å². The molecule has 2 heterocycles. The van der Waals surface area contributed by atoms with Crippen LogP contribution in [0.15, 0.2) is 18.2 Å². The first-order valence-electron chi connectivity index (χ1n) is 8.05. The first-order chi connectivity index (χ1) is 11.6. The Kier molecular flexibility index (Phi) is 4.89. The summed E-state index contributed by atoms with van der Waals surface area (Å²) in [6, 6.07) is 1.47. The second kappa shape index (κ2) is 6.68. The highest BCUT2D eigenvalue weighted by Gasteiger charge is 2.42. The topological polar surface area (TPSA) is 36.6 Å². The van der Waals surface area contributed by atoms with E-state index < -0.39 is 29.7 Å². The van der Waals surface area contributed by atoms with Gasteiger partial charge in [-0.2, -0.15) is 26.3 Å². The SMILES string of the molecule is FC(F)(F)c1cc(NC2OC2CC2CCNCC2)cc(C(F)(F)F)c1. The van der Waals surface area contributed by atoms with E-state index in [0.717, 1.165) is 32.4 Å². The zero-order valence-corrected chi connectivity index (χ0v) is 13.2. The molecule has 0 amide bonds. The van der Waals surface area contributed by atoms with E-state index in [0.29, 0.717) is 18.1 Å². The van der Waals surface area contributed by atoms with Crippen LogP contribution in [0.25, 0.3) is 0 Å². The molecule has 0 aromatic heterocycles. The number of nitrogens with one attached hydrogen (secondary N) is 2. The number of hydrogen-bond donors (Lipinski definition) is 2. The van der Waals surface area contributed by atoms with Gasteiger partial charge >= 0.3 is 12.4 Å². The molecule has 2 aliphatic heterocycles. The fourth-order valence-corrected chi connectivity index (χ4v) is 3.10. The number of hydrogen-bond acceptors (Lipinski definition) is 3. The van der Waals surface area contributed by atoms with Crippen LogP contribution < -0.4 is 10.6 Å². The second-order valence-corrected chi connectivity index (χ2v) is 6.46. The van der Waals surface area contributed by atoms with Crippen molar-refractivity contribution in [2.75, 3.05) is 18.4 Å². The van der Waals surface area contributed by atoms with Crippen molar-refractivity contribution in [2.45, 2.75) is 43.9 Å². The molecule has 0 bridgehead atoms. The summed E-state index contributed by atoms with van der Waals surface area (Å²) in [7, 11) is 0. The third kappa shape index (κ3) is 4.78. The molecule has 2 aliphatic rings. The van der Waals surface area contributed by atoms with Crippen LogP contribution in [0.5, 0.6) is 0 Å². The standard InChI is InChI=1S/C16H18F6N2O/c17-15(18,19)10-6-11(16(20,21)22)8-12(7-10)24-14-13(25-14)5-9-1-3-23-4-2-9/h6-9,13-14,23-24H,1-5H2. The third-order valence-corrected chi connectivity index (χ3v) is 4.50. The Bertz CT molecular complexity index is 577. The van der Waals surface area contributed by atoms with Gasteiger partial charge in [0.2, 0.25) is 0 Å². The van der Waals surface area contributed by atoms with Crippen LogP contribution in [0.2, 0.25) is 0 Å². The Morgan fingerprint density at radius 2 is 1.52 bits per heavy atom. The summed E-state index contributed by atoms with van der Waals surface area (Å²) < 4.78 is 82.4. The van der Waals surface area contributed by atoms with Crippen molar-refractivity contribution < 1.29 is 31.1 Å². The highest BCUT2D eigenvalue weighted by atomic mass is 19.4. The second-order valence-electron chi connectivity index (χ2n) is 6.46. The Morgan fingerprint density at radius 1 is 0.960 bits per heavy atom.